The largest absolute Gasteiger partial charge is 0.350 e. The Morgan fingerprint density at radius 3 is 2.69 bits per heavy atom. The Balaban J connectivity index is 1.51. The van der Waals surface area contributed by atoms with E-state index in [2.05, 4.69) is 26.2 Å². The monoisotopic (exact) mass is 349 g/mol. The molecule has 0 unspecified atom stereocenters. The molecule has 1 atom stereocenters. The van der Waals surface area contributed by atoms with Gasteiger partial charge in [-0.2, -0.15) is 5.26 Å². The molecule has 6 nitrogen and oxygen atoms in total. The van der Waals surface area contributed by atoms with Crippen LogP contribution < -0.4 is 5.32 Å². The van der Waals surface area contributed by atoms with E-state index in [9.17, 15) is 10.1 Å². The number of fused-ring (bicyclic) bond motifs is 1. The van der Waals surface area contributed by atoms with Gasteiger partial charge in [0.1, 0.15) is 11.2 Å². The van der Waals surface area contributed by atoms with Gasteiger partial charge in [-0.25, -0.2) is 0 Å². The molecule has 2 aromatic rings. The molecule has 1 aliphatic carbocycles. The van der Waals surface area contributed by atoms with Crippen molar-refractivity contribution in [1.29, 1.82) is 5.26 Å². The summed E-state index contributed by atoms with van der Waals surface area (Å²) in [5, 5.41) is 21.4. The number of benzene rings is 1. The second kappa shape index (κ2) is 6.91. The van der Waals surface area contributed by atoms with Crippen LogP contribution in [0.5, 0.6) is 0 Å². The van der Waals surface area contributed by atoms with Crippen LogP contribution in [0.15, 0.2) is 30.3 Å². The minimum atomic E-state index is -0.839. The number of carbonyl (C=O) groups is 1. The predicted molar refractivity (Wildman–Crippen MR) is 96.8 cm³/mol. The molecule has 0 radical (unpaired) electrons. The number of aromatic nitrogens is 3. The molecule has 2 aliphatic rings. The SMILES string of the molecule is N#CC1(C(=O)N[C@@H]2CCc3nnc(-c4ccccc4)n3C2)CCCCC1. The smallest absolute Gasteiger partial charge is 0.240 e. The van der Waals surface area contributed by atoms with Gasteiger partial charge in [-0.1, -0.05) is 49.6 Å². The van der Waals surface area contributed by atoms with Gasteiger partial charge in [-0.15, -0.1) is 10.2 Å². The van der Waals surface area contributed by atoms with Crippen molar-refractivity contribution in [2.75, 3.05) is 0 Å². The molecule has 1 N–H and O–H groups in total. The van der Waals surface area contributed by atoms with Crippen LogP contribution in [-0.2, 0) is 17.8 Å². The molecule has 6 heteroatoms. The molecular weight excluding hydrogens is 326 g/mol. The first-order valence-electron chi connectivity index (χ1n) is 9.41. The highest BCUT2D eigenvalue weighted by Gasteiger charge is 2.41. The van der Waals surface area contributed by atoms with Crippen LogP contribution >= 0.6 is 0 Å². The number of carbonyl (C=O) groups excluding carboxylic acids is 1. The van der Waals surface area contributed by atoms with Gasteiger partial charge in [0.2, 0.25) is 5.91 Å². The number of hydrogen-bond acceptors (Lipinski definition) is 4. The quantitative estimate of drug-likeness (QED) is 0.923. The zero-order valence-corrected chi connectivity index (χ0v) is 14.8. The van der Waals surface area contributed by atoms with Gasteiger partial charge < -0.3 is 9.88 Å². The maximum Gasteiger partial charge on any atom is 0.240 e. The van der Waals surface area contributed by atoms with Crippen molar-refractivity contribution < 1.29 is 4.79 Å². The number of rotatable bonds is 3. The molecule has 0 saturated heterocycles. The van der Waals surface area contributed by atoms with Crippen molar-refractivity contribution >= 4 is 5.91 Å². The number of nitrogens with one attached hydrogen (secondary N) is 1. The molecule has 134 valence electrons. The average Bonchev–Trinajstić information content (AvgIpc) is 3.12. The fourth-order valence-electron chi connectivity index (χ4n) is 4.11. The Morgan fingerprint density at radius 2 is 1.96 bits per heavy atom. The first-order chi connectivity index (χ1) is 12.7. The molecule has 1 fully saturated rings. The summed E-state index contributed by atoms with van der Waals surface area (Å²) in [6.45, 7) is 0.653. The summed E-state index contributed by atoms with van der Waals surface area (Å²) in [5.74, 6) is 1.71. The molecular formula is C20H23N5O. The van der Waals surface area contributed by atoms with Crippen molar-refractivity contribution in [3.05, 3.63) is 36.2 Å². The number of aryl methyl sites for hydroxylation is 1. The lowest BCUT2D eigenvalue weighted by Crippen LogP contribution is -2.48. The van der Waals surface area contributed by atoms with Gasteiger partial charge in [0.05, 0.1) is 6.07 Å². The van der Waals surface area contributed by atoms with E-state index in [0.717, 1.165) is 49.3 Å². The Labute approximate surface area is 153 Å². The van der Waals surface area contributed by atoms with Gasteiger partial charge in [-0.05, 0) is 19.3 Å². The van der Waals surface area contributed by atoms with E-state index in [1.54, 1.807) is 0 Å². The lowest BCUT2D eigenvalue weighted by atomic mass is 9.74. The molecule has 2 heterocycles. The second-order valence-corrected chi connectivity index (χ2v) is 7.38. The van der Waals surface area contributed by atoms with Crippen LogP contribution in [-0.4, -0.2) is 26.7 Å². The van der Waals surface area contributed by atoms with Gasteiger partial charge in [0, 0.05) is 24.6 Å². The van der Waals surface area contributed by atoms with E-state index in [4.69, 9.17) is 0 Å². The highest BCUT2D eigenvalue weighted by molar-refractivity contribution is 5.85. The normalized spacial score (nSPS) is 21.4. The highest BCUT2D eigenvalue weighted by atomic mass is 16.2. The maximum atomic E-state index is 12.9. The molecule has 4 rings (SSSR count). The summed E-state index contributed by atoms with van der Waals surface area (Å²) < 4.78 is 2.10. The minimum Gasteiger partial charge on any atom is -0.350 e. The number of hydrogen-bond donors (Lipinski definition) is 1. The van der Waals surface area contributed by atoms with Gasteiger partial charge in [0.15, 0.2) is 5.82 Å². The van der Waals surface area contributed by atoms with E-state index in [1.807, 2.05) is 30.3 Å². The molecule has 1 amide bonds. The molecule has 1 aromatic heterocycles. The van der Waals surface area contributed by atoms with Gasteiger partial charge >= 0.3 is 0 Å². The van der Waals surface area contributed by atoms with E-state index >= 15 is 0 Å². The van der Waals surface area contributed by atoms with Crippen LogP contribution in [0.3, 0.4) is 0 Å². The van der Waals surface area contributed by atoms with Gasteiger partial charge in [0.25, 0.3) is 0 Å². The Kier molecular flexibility index (Phi) is 4.46. The molecule has 0 bridgehead atoms. The van der Waals surface area contributed by atoms with E-state index < -0.39 is 5.41 Å². The van der Waals surface area contributed by atoms with Crippen LogP contribution in [0.2, 0.25) is 0 Å². The molecule has 1 saturated carbocycles. The lowest BCUT2D eigenvalue weighted by molar-refractivity contribution is -0.130. The van der Waals surface area contributed by atoms with Crippen LogP contribution in [0, 0.1) is 16.7 Å². The minimum absolute atomic E-state index is 0.0145. The molecule has 0 spiro atoms. The fraction of sp³-hybridized carbons (Fsp3) is 0.500. The Morgan fingerprint density at radius 1 is 1.19 bits per heavy atom. The number of amides is 1. The Bertz CT molecular complexity index is 830. The summed E-state index contributed by atoms with van der Waals surface area (Å²) in [5.41, 5.74) is 0.188. The van der Waals surface area contributed by atoms with E-state index in [1.165, 1.54) is 0 Å². The topological polar surface area (TPSA) is 83.6 Å². The zero-order chi connectivity index (χ0) is 18.0. The second-order valence-electron chi connectivity index (χ2n) is 7.38. The number of nitrogens with zero attached hydrogens (tertiary/aromatic N) is 4. The summed E-state index contributed by atoms with van der Waals surface area (Å²) in [6, 6.07) is 12.3. The first kappa shape index (κ1) is 16.8. The predicted octanol–water partition coefficient (Wildman–Crippen LogP) is 2.85. The summed E-state index contributed by atoms with van der Waals surface area (Å²) in [7, 11) is 0. The first-order valence-corrected chi connectivity index (χ1v) is 9.41. The van der Waals surface area contributed by atoms with Crippen LogP contribution in [0.1, 0.15) is 44.3 Å². The number of nitriles is 1. The average molecular weight is 349 g/mol. The fourth-order valence-corrected chi connectivity index (χ4v) is 4.11. The third-order valence-corrected chi connectivity index (χ3v) is 5.67. The van der Waals surface area contributed by atoms with Crippen LogP contribution in [0.25, 0.3) is 11.4 Å². The molecule has 1 aromatic carbocycles. The van der Waals surface area contributed by atoms with E-state index in [0.29, 0.717) is 19.4 Å². The van der Waals surface area contributed by atoms with Gasteiger partial charge in [-0.3, -0.25) is 4.79 Å². The zero-order valence-electron chi connectivity index (χ0n) is 14.8. The summed E-state index contributed by atoms with van der Waals surface area (Å²) >= 11 is 0. The Hall–Kier alpha value is -2.68. The van der Waals surface area contributed by atoms with Crippen molar-refractivity contribution in [2.45, 2.75) is 57.5 Å². The molecule has 1 aliphatic heterocycles. The standard InChI is InChI=1S/C20H23N5O/c21-14-20(11-5-2-6-12-20)19(26)22-16-9-10-17-23-24-18(25(17)13-16)15-7-3-1-4-8-15/h1,3-4,7-8,16H,2,5-6,9-13H2,(H,22,26)/t16-/m1/s1. The summed E-state index contributed by atoms with van der Waals surface area (Å²) in [4.78, 5) is 12.9. The highest BCUT2D eigenvalue weighted by Crippen LogP contribution is 2.36. The molecule has 26 heavy (non-hydrogen) atoms. The van der Waals surface area contributed by atoms with Crippen LogP contribution in [0.4, 0.5) is 0 Å². The van der Waals surface area contributed by atoms with E-state index in [-0.39, 0.29) is 11.9 Å². The third-order valence-electron chi connectivity index (χ3n) is 5.67. The van der Waals surface area contributed by atoms with Crippen molar-refractivity contribution in [3.63, 3.8) is 0 Å². The third kappa shape index (κ3) is 2.98. The van der Waals surface area contributed by atoms with Crippen molar-refractivity contribution in [3.8, 4) is 17.5 Å². The summed E-state index contributed by atoms with van der Waals surface area (Å²) in [6.07, 6.45) is 6.00. The van der Waals surface area contributed by atoms with Crippen molar-refractivity contribution in [1.82, 2.24) is 20.1 Å². The maximum absolute atomic E-state index is 12.9. The van der Waals surface area contributed by atoms with Crippen molar-refractivity contribution in [2.24, 2.45) is 5.41 Å². The lowest BCUT2D eigenvalue weighted by Gasteiger charge is -2.32.